The van der Waals surface area contributed by atoms with Gasteiger partial charge in [0.25, 0.3) is 0 Å². The van der Waals surface area contributed by atoms with Gasteiger partial charge >= 0.3 is 0 Å². The van der Waals surface area contributed by atoms with Crippen molar-refractivity contribution in [2.45, 2.75) is 26.8 Å². The quantitative estimate of drug-likeness (QED) is 0.880. The van der Waals surface area contributed by atoms with Crippen LogP contribution in [0.1, 0.15) is 23.1 Å². The number of amides is 1. The third-order valence-electron chi connectivity index (χ3n) is 3.58. The van der Waals surface area contributed by atoms with E-state index in [1.165, 1.54) is 11.1 Å². The van der Waals surface area contributed by atoms with Gasteiger partial charge < -0.3 is 10.2 Å². The summed E-state index contributed by atoms with van der Waals surface area (Å²) < 4.78 is 0. The third kappa shape index (κ3) is 4.92. The van der Waals surface area contributed by atoms with E-state index in [9.17, 15) is 4.79 Å². The summed E-state index contributed by atoms with van der Waals surface area (Å²) in [7, 11) is 1.85. The maximum atomic E-state index is 12.2. The van der Waals surface area contributed by atoms with Crippen molar-refractivity contribution in [3.63, 3.8) is 0 Å². The second kappa shape index (κ2) is 7.64. The molecule has 2 aromatic carbocycles. The molecule has 22 heavy (non-hydrogen) atoms. The van der Waals surface area contributed by atoms with Gasteiger partial charge in [-0.05, 0) is 42.7 Å². The first-order valence-corrected chi connectivity index (χ1v) is 7.64. The second-order valence-electron chi connectivity index (χ2n) is 5.79. The molecule has 3 heteroatoms. The van der Waals surface area contributed by atoms with Gasteiger partial charge in [0, 0.05) is 32.2 Å². The molecule has 2 aromatic rings. The fourth-order valence-electron chi connectivity index (χ4n) is 2.53. The number of anilines is 1. The predicted octanol–water partition coefficient (Wildman–Crippen LogP) is 3.76. The lowest BCUT2D eigenvalue weighted by Crippen LogP contribution is -2.27. The molecule has 0 spiro atoms. The number of hydrogen-bond donors (Lipinski definition) is 1. The molecule has 1 amide bonds. The normalized spacial score (nSPS) is 10.3. The van der Waals surface area contributed by atoms with E-state index in [0.29, 0.717) is 19.5 Å². The highest BCUT2D eigenvalue weighted by Crippen LogP contribution is 2.13. The first kappa shape index (κ1) is 16.1. The van der Waals surface area contributed by atoms with E-state index in [1.807, 2.05) is 37.4 Å². The van der Waals surface area contributed by atoms with Crippen LogP contribution in [-0.2, 0) is 11.3 Å². The summed E-state index contributed by atoms with van der Waals surface area (Å²) in [5, 5.41) is 3.33. The maximum absolute atomic E-state index is 12.2. The molecule has 0 aliphatic carbocycles. The minimum atomic E-state index is 0.153. The van der Waals surface area contributed by atoms with Crippen molar-refractivity contribution in [3.05, 3.63) is 65.2 Å². The second-order valence-corrected chi connectivity index (χ2v) is 5.79. The Hall–Kier alpha value is -2.29. The van der Waals surface area contributed by atoms with E-state index in [1.54, 1.807) is 4.90 Å². The molecule has 0 saturated carbocycles. The highest BCUT2D eigenvalue weighted by atomic mass is 16.2. The number of hydrogen-bond acceptors (Lipinski definition) is 2. The largest absolute Gasteiger partial charge is 0.385 e. The van der Waals surface area contributed by atoms with Crippen molar-refractivity contribution in [1.29, 1.82) is 0 Å². The zero-order chi connectivity index (χ0) is 15.9. The summed E-state index contributed by atoms with van der Waals surface area (Å²) in [5.74, 6) is 0.153. The lowest BCUT2D eigenvalue weighted by atomic mass is 10.1. The first-order chi connectivity index (χ1) is 10.5. The molecule has 3 nitrogen and oxygen atoms in total. The Balaban J connectivity index is 1.79. The van der Waals surface area contributed by atoms with Crippen molar-refractivity contribution < 1.29 is 4.79 Å². The standard InChI is InChI=1S/C19H24N2O/c1-15-11-16(2)13-18(12-15)20-10-9-19(22)21(3)14-17-7-5-4-6-8-17/h4-8,11-13,20H,9-10,14H2,1-3H3. The van der Waals surface area contributed by atoms with Crippen molar-refractivity contribution >= 4 is 11.6 Å². The predicted molar refractivity (Wildman–Crippen MR) is 91.9 cm³/mol. The summed E-state index contributed by atoms with van der Waals surface area (Å²) in [6.07, 6.45) is 0.496. The first-order valence-electron chi connectivity index (χ1n) is 7.64. The van der Waals surface area contributed by atoms with Crippen LogP contribution in [0.15, 0.2) is 48.5 Å². The molecule has 0 saturated heterocycles. The Labute approximate surface area is 133 Å². The van der Waals surface area contributed by atoms with Crippen LogP contribution in [0.4, 0.5) is 5.69 Å². The van der Waals surface area contributed by atoms with Gasteiger partial charge in [-0.15, -0.1) is 0 Å². The molecule has 116 valence electrons. The SMILES string of the molecule is Cc1cc(C)cc(NCCC(=O)N(C)Cc2ccccc2)c1. The summed E-state index contributed by atoms with van der Waals surface area (Å²) in [5.41, 5.74) is 4.70. The van der Waals surface area contributed by atoms with Gasteiger partial charge in [0.2, 0.25) is 5.91 Å². The smallest absolute Gasteiger partial charge is 0.224 e. The molecule has 0 unspecified atom stereocenters. The molecule has 0 atom stereocenters. The van der Waals surface area contributed by atoms with Gasteiger partial charge in [-0.3, -0.25) is 4.79 Å². The van der Waals surface area contributed by atoms with Crippen molar-refractivity contribution in [2.24, 2.45) is 0 Å². The summed E-state index contributed by atoms with van der Waals surface area (Å²) in [6, 6.07) is 16.4. The Kier molecular flexibility index (Phi) is 5.59. The summed E-state index contributed by atoms with van der Waals surface area (Å²) in [4.78, 5) is 13.9. The van der Waals surface area contributed by atoms with Gasteiger partial charge in [0.15, 0.2) is 0 Å². The van der Waals surface area contributed by atoms with E-state index in [-0.39, 0.29) is 5.91 Å². The van der Waals surface area contributed by atoms with E-state index in [4.69, 9.17) is 0 Å². The number of benzene rings is 2. The molecule has 1 N–H and O–H groups in total. The van der Waals surface area contributed by atoms with Crippen molar-refractivity contribution in [2.75, 3.05) is 18.9 Å². The summed E-state index contributed by atoms with van der Waals surface area (Å²) in [6.45, 7) is 5.47. The average Bonchev–Trinajstić information content (AvgIpc) is 2.47. The molecule has 2 rings (SSSR count). The van der Waals surface area contributed by atoms with Gasteiger partial charge in [-0.2, -0.15) is 0 Å². The Morgan fingerprint density at radius 2 is 1.68 bits per heavy atom. The van der Waals surface area contributed by atoms with Crippen LogP contribution in [-0.4, -0.2) is 24.4 Å². The Morgan fingerprint density at radius 3 is 2.32 bits per heavy atom. The zero-order valence-corrected chi connectivity index (χ0v) is 13.6. The van der Waals surface area contributed by atoms with Crippen LogP contribution < -0.4 is 5.32 Å². The number of carbonyl (C=O) groups excluding carboxylic acids is 1. The van der Waals surface area contributed by atoms with Gasteiger partial charge in [0.1, 0.15) is 0 Å². The van der Waals surface area contributed by atoms with Crippen LogP contribution in [0.2, 0.25) is 0 Å². The number of rotatable bonds is 6. The van der Waals surface area contributed by atoms with Crippen LogP contribution in [0.25, 0.3) is 0 Å². The van der Waals surface area contributed by atoms with Crippen LogP contribution in [0.3, 0.4) is 0 Å². The molecule has 0 aliphatic rings. The van der Waals surface area contributed by atoms with E-state index in [2.05, 4.69) is 37.4 Å². The maximum Gasteiger partial charge on any atom is 0.224 e. The Bertz CT molecular complexity index is 602. The van der Waals surface area contributed by atoms with Crippen molar-refractivity contribution in [1.82, 2.24) is 4.90 Å². The number of aryl methyl sites for hydroxylation is 2. The average molecular weight is 296 g/mol. The van der Waals surface area contributed by atoms with E-state index >= 15 is 0 Å². The summed E-state index contributed by atoms with van der Waals surface area (Å²) >= 11 is 0. The van der Waals surface area contributed by atoms with Crippen molar-refractivity contribution in [3.8, 4) is 0 Å². The lowest BCUT2D eigenvalue weighted by Gasteiger charge is -2.17. The highest BCUT2D eigenvalue weighted by Gasteiger charge is 2.08. The molecule has 0 heterocycles. The molecule has 0 bridgehead atoms. The Morgan fingerprint density at radius 1 is 1.05 bits per heavy atom. The molecule has 0 aliphatic heterocycles. The fourth-order valence-corrected chi connectivity index (χ4v) is 2.53. The minimum absolute atomic E-state index is 0.153. The van der Waals surface area contributed by atoms with E-state index in [0.717, 1.165) is 11.3 Å². The lowest BCUT2D eigenvalue weighted by molar-refractivity contribution is -0.130. The number of nitrogens with one attached hydrogen (secondary N) is 1. The van der Waals surface area contributed by atoms with E-state index < -0.39 is 0 Å². The molecular weight excluding hydrogens is 272 g/mol. The molecular formula is C19H24N2O. The monoisotopic (exact) mass is 296 g/mol. The van der Waals surface area contributed by atoms with Gasteiger partial charge in [-0.25, -0.2) is 0 Å². The fraction of sp³-hybridized carbons (Fsp3) is 0.316. The van der Waals surface area contributed by atoms with Crippen LogP contribution >= 0.6 is 0 Å². The molecule has 0 radical (unpaired) electrons. The molecule has 0 aromatic heterocycles. The van der Waals surface area contributed by atoms with Gasteiger partial charge in [-0.1, -0.05) is 36.4 Å². The third-order valence-corrected chi connectivity index (χ3v) is 3.58. The van der Waals surface area contributed by atoms with Gasteiger partial charge in [0.05, 0.1) is 0 Å². The molecule has 0 fully saturated rings. The number of nitrogens with zero attached hydrogens (tertiary/aromatic N) is 1. The van der Waals surface area contributed by atoms with Crippen LogP contribution in [0, 0.1) is 13.8 Å². The zero-order valence-electron chi connectivity index (χ0n) is 13.6. The highest BCUT2D eigenvalue weighted by molar-refractivity contribution is 5.76. The van der Waals surface area contributed by atoms with Crippen LogP contribution in [0.5, 0.6) is 0 Å². The topological polar surface area (TPSA) is 32.3 Å². The minimum Gasteiger partial charge on any atom is -0.385 e. The number of carbonyl (C=O) groups is 1.